The van der Waals surface area contributed by atoms with Crippen molar-refractivity contribution in [3.63, 3.8) is 0 Å². The van der Waals surface area contributed by atoms with E-state index in [-0.39, 0.29) is 31.1 Å². The molecule has 0 aromatic rings. The van der Waals surface area contributed by atoms with Gasteiger partial charge in [0.15, 0.2) is 6.10 Å². The molecule has 0 radical (unpaired) electrons. The van der Waals surface area contributed by atoms with Crippen molar-refractivity contribution in [2.75, 3.05) is 13.2 Å². The lowest BCUT2D eigenvalue weighted by molar-refractivity contribution is -0.167. The minimum absolute atomic E-state index is 0.0609. The van der Waals surface area contributed by atoms with Gasteiger partial charge >= 0.3 is 17.9 Å². The lowest BCUT2D eigenvalue weighted by Gasteiger charge is -2.18. The fraction of sp³-hybridized carbons (Fsp3) is 0.955. The fourth-order valence-electron chi connectivity index (χ4n) is 10.5. The first-order valence-electron chi connectivity index (χ1n) is 33.4. The van der Waals surface area contributed by atoms with E-state index in [2.05, 4.69) is 27.7 Å². The average molecular weight is 1030 g/mol. The lowest BCUT2D eigenvalue weighted by atomic mass is 9.99. The number of esters is 3. The molecule has 0 bridgehead atoms. The third-order valence-electron chi connectivity index (χ3n) is 15.9. The minimum atomic E-state index is -0.763. The Morgan fingerprint density at radius 2 is 0.479 bits per heavy atom. The summed E-state index contributed by atoms with van der Waals surface area (Å²) in [6.07, 6.45) is 69.6. The maximum absolute atomic E-state index is 12.9. The van der Waals surface area contributed by atoms with Gasteiger partial charge in [-0.3, -0.25) is 14.4 Å². The summed E-state index contributed by atoms with van der Waals surface area (Å²) in [5, 5.41) is 0. The van der Waals surface area contributed by atoms with Crippen LogP contribution in [0.5, 0.6) is 0 Å². The van der Waals surface area contributed by atoms with Crippen LogP contribution in [-0.2, 0) is 28.6 Å². The molecule has 0 N–H and O–H groups in total. The summed E-state index contributed by atoms with van der Waals surface area (Å²) in [6, 6.07) is 0. The van der Waals surface area contributed by atoms with E-state index < -0.39 is 6.10 Å². The second-order valence-corrected chi connectivity index (χ2v) is 23.4. The lowest BCUT2D eigenvalue weighted by Crippen LogP contribution is -2.30. The standard InChI is InChI=1S/C67H130O6/c1-5-8-10-12-14-16-18-20-22-24-26-28-30-36-40-44-48-52-56-60-67(70)73-64(61-71-65(68)58-54-50-46-42-38-34-29-27-25-23-21-19-17-15-13-11-9-6-2)62-72-66(69)59-55-51-47-43-39-35-32-31-33-37-41-45-49-53-57-63(4)7-3/h63-64H,5-62H2,1-4H3/t63?,64-/m1/s1. The first-order valence-corrected chi connectivity index (χ1v) is 33.4. The third kappa shape index (κ3) is 59.5. The Bertz CT molecular complexity index is 1110. The molecule has 434 valence electrons. The molecule has 0 heterocycles. The number of ether oxygens (including phenoxy) is 3. The van der Waals surface area contributed by atoms with Crippen LogP contribution in [0, 0.1) is 5.92 Å². The van der Waals surface area contributed by atoms with Gasteiger partial charge in [0, 0.05) is 19.3 Å². The van der Waals surface area contributed by atoms with E-state index >= 15 is 0 Å². The highest BCUT2D eigenvalue weighted by Crippen LogP contribution is 2.19. The van der Waals surface area contributed by atoms with Crippen molar-refractivity contribution >= 4 is 17.9 Å². The SMILES string of the molecule is CCCCCCCCCCCCCCCCCCCCCC(=O)O[C@H](COC(=O)CCCCCCCCCCCCCCCCCCCC)COC(=O)CCCCCCCCCCCCCCCCC(C)CC. The maximum atomic E-state index is 12.9. The monoisotopic (exact) mass is 1030 g/mol. The molecule has 73 heavy (non-hydrogen) atoms. The summed E-state index contributed by atoms with van der Waals surface area (Å²) in [5.74, 6) is 0.0715. The Morgan fingerprint density at radius 3 is 0.712 bits per heavy atom. The van der Waals surface area contributed by atoms with Gasteiger partial charge in [-0.25, -0.2) is 0 Å². The Morgan fingerprint density at radius 1 is 0.274 bits per heavy atom. The van der Waals surface area contributed by atoms with Crippen LogP contribution >= 0.6 is 0 Å². The summed E-state index contributed by atoms with van der Waals surface area (Å²) in [7, 11) is 0. The topological polar surface area (TPSA) is 78.9 Å². The molecule has 0 saturated heterocycles. The Hall–Kier alpha value is -1.59. The Kier molecular flexibility index (Phi) is 59.9. The molecule has 0 aromatic heterocycles. The Labute approximate surface area is 457 Å². The summed E-state index contributed by atoms with van der Waals surface area (Å²) >= 11 is 0. The van der Waals surface area contributed by atoms with E-state index in [1.54, 1.807) is 0 Å². The van der Waals surface area contributed by atoms with Crippen molar-refractivity contribution in [1.82, 2.24) is 0 Å². The molecular formula is C67H130O6. The van der Waals surface area contributed by atoms with Crippen LogP contribution in [0.3, 0.4) is 0 Å². The van der Waals surface area contributed by atoms with Crippen molar-refractivity contribution < 1.29 is 28.6 Å². The smallest absolute Gasteiger partial charge is 0.306 e. The molecule has 0 fully saturated rings. The van der Waals surface area contributed by atoms with Gasteiger partial charge in [-0.05, 0) is 25.2 Å². The number of carbonyl (C=O) groups excluding carboxylic acids is 3. The molecule has 0 aliphatic carbocycles. The molecule has 6 heteroatoms. The normalized spacial score (nSPS) is 12.3. The highest BCUT2D eigenvalue weighted by Gasteiger charge is 2.19. The van der Waals surface area contributed by atoms with Gasteiger partial charge in [-0.15, -0.1) is 0 Å². The number of rotatable bonds is 62. The maximum Gasteiger partial charge on any atom is 0.306 e. The summed E-state index contributed by atoms with van der Waals surface area (Å²) < 4.78 is 17.0. The van der Waals surface area contributed by atoms with Gasteiger partial charge in [-0.1, -0.05) is 349 Å². The van der Waals surface area contributed by atoms with Gasteiger partial charge in [0.1, 0.15) is 13.2 Å². The predicted molar refractivity (Wildman–Crippen MR) is 317 cm³/mol. The zero-order chi connectivity index (χ0) is 53.0. The molecule has 0 aliphatic rings. The summed E-state index contributed by atoms with van der Waals surface area (Å²) in [6.45, 7) is 9.14. The highest BCUT2D eigenvalue weighted by atomic mass is 16.6. The predicted octanol–water partition coefficient (Wildman–Crippen LogP) is 22.5. The van der Waals surface area contributed by atoms with Crippen LogP contribution in [0.15, 0.2) is 0 Å². The van der Waals surface area contributed by atoms with Crippen molar-refractivity contribution in [2.45, 2.75) is 393 Å². The molecule has 1 unspecified atom stereocenters. The van der Waals surface area contributed by atoms with Crippen molar-refractivity contribution in [1.29, 1.82) is 0 Å². The minimum Gasteiger partial charge on any atom is -0.462 e. The highest BCUT2D eigenvalue weighted by molar-refractivity contribution is 5.71. The zero-order valence-electron chi connectivity index (χ0n) is 50.1. The van der Waals surface area contributed by atoms with E-state index in [1.807, 2.05) is 0 Å². The van der Waals surface area contributed by atoms with E-state index in [1.165, 1.54) is 283 Å². The van der Waals surface area contributed by atoms with Crippen LogP contribution in [-0.4, -0.2) is 37.2 Å². The Balaban J connectivity index is 4.29. The first kappa shape index (κ1) is 71.4. The van der Waals surface area contributed by atoms with Crippen LogP contribution in [0.4, 0.5) is 0 Å². The van der Waals surface area contributed by atoms with Gasteiger partial charge in [-0.2, -0.15) is 0 Å². The molecule has 6 nitrogen and oxygen atoms in total. The van der Waals surface area contributed by atoms with Gasteiger partial charge < -0.3 is 14.2 Å². The van der Waals surface area contributed by atoms with Crippen molar-refractivity contribution in [2.24, 2.45) is 5.92 Å². The molecule has 0 aromatic carbocycles. The zero-order valence-corrected chi connectivity index (χ0v) is 50.1. The molecule has 0 saturated carbocycles. The molecule has 0 aliphatic heterocycles. The number of hydrogen-bond acceptors (Lipinski definition) is 6. The van der Waals surface area contributed by atoms with E-state index in [9.17, 15) is 14.4 Å². The number of hydrogen-bond donors (Lipinski definition) is 0. The molecule has 0 spiro atoms. The second kappa shape index (κ2) is 61.3. The van der Waals surface area contributed by atoms with E-state index in [4.69, 9.17) is 14.2 Å². The first-order chi connectivity index (χ1) is 35.9. The third-order valence-corrected chi connectivity index (χ3v) is 15.9. The van der Waals surface area contributed by atoms with Crippen molar-refractivity contribution in [3.8, 4) is 0 Å². The van der Waals surface area contributed by atoms with Crippen LogP contribution in [0.2, 0.25) is 0 Å². The molecule has 0 amide bonds. The van der Waals surface area contributed by atoms with Gasteiger partial charge in [0.25, 0.3) is 0 Å². The molecule has 2 atom stereocenters. The quantitative estimate of drug-likeness (QED) is 0.0343. The second-order valence-electron chi connectivity index (χ2n) is 23.4. The van der Waals surface area contributed by atoms with E-state index in [0.29, 0.717) is 19.3 Å². The van der Waals surface area contributed by atoms with Crippen LogP contribution < -0.4 is 0 Å². The van der Waals surface area contributed by atoms with E-state index in [0.717, 1.165) is 63.7 Å². The van der Waals surface area contributed by atoms with Crippen molar-refractivity contribution in [3.05, 3.63) is 0 Å². The summed E-state index contributed by atoms with van der Waals surface area (Å²) in [5.41, 5.74) is 0. The number of carbonyl (C=O) groups is 3. The van der Waals surface area contributed by atoms with Gasteiger partial charge in [0.05, 0.1) is 0 Å². The van der Waals surface area contributed by atoms with Gasteiger partial charge in [0.2, 0.25) is 0 Å². The fourth-order valence-corrected chi connectivity index (χ4v) is 10.5. The number of unbranched alkanes of at least 4 members (excludes halogenated alkanes) is 48. The average Bonchev–Trinajstić information content (AvgIpc) is 3.39. The largest absolute Gasteiger partial charge is 0.462 e. The van der Waals surface area contributed by atoms with Crippen LogP contribution in [0.25, 0.3) is 0 Å². The molecule has 0 rings (SSSR count). The van der Waals surface area contributed by atoms with Crippen LogP contribution in [0.1, 0.15) is 387 Å². The summed E-state index contributed by atoms with van der Waals surface area (Å²) in [4.78, 5) is 38.4. The molecular weight excluding hydrogens is 901 g/mol.